The van der Waals surface area contributed by atoms with E-state index in [2.05, 4.69) is 0 Å². The average Bonchev–Trinajstić information content (AvgIpc) is 3.14. The van der Waals surface area contributed by atoms with Crippen molar-refractivity contribution in [2.75, 3.05) is 27.4 Å². The summed E-state index contributed by atoms with van der Waals surface area (Å²) in [5.41, 5.74) is 0. The maximum absolute atomic E-state index is 12.3. The van der Waals surface area contributed by atoms with Gasteiger partial charge < -0.3 is 33.5 Å². The van der Waals surface area contributed by atoms with Gasteiger partial charge in [-0.1, -0.05) is 0 Å². The second-order valence-electron chi connectivity index (χ2n) is 5.85. The second kappa shape index (κ2) is 5.99. The number of hydrogen-bond acceptors (Lipinski definition) is 8. The molecule has 0 saturated carbocycles. The highest BCUT2D eigenvalue weighted by Crippen LogP contribution is 2.51. The molecule has 3 aliphatic heterocycles. The van der Waals surface area contributed by atoms with E-state index in [1.165, 1.54) is 14.2 Å². The molecule has 2 bridgehead atoms. The number of rotatable bonds is 6. The number of aliphatic carboxylic acids is 1. The van der Waals surface area contributed by atoms with Crippen molar-refractivity contribution in [2.45, 2.75) is 37.3 Å². The van der Waals surface area contributed by atoms with Gasteiger partial charge in [0.05, 0.1) is 6.61 Å². The molecule has 1 N–H and O–H groups in total. The fourth-order valence-electron chi connectivity index (χ4n) is 3.48. The van der Waals surface area contributed by atoms with Crippen molar-refractivity contribution in [3.05, 3.63) is 0 Å². The van der Waals surface area contributed by atoms with Crippen LogP contribution in [0.15, 0.2) is 0 Å². The minimum atomic E-state index is -1.27. The topological polar surface area (TPSA) is 110 Å². The summed E-state index contributed by atoms with van der Waals surface area (Å²) in [5, 5.41) is 9.49. The molecule has 5 unspecified atom stereocenters. The first-order valence-corrected chi connectivity index (χ1v) is 7.36. The Morgan fingerprint density at radius 2 is 1.65 bits per heavy atom. The van der Waals surface area contributed by atoms with E-state index in [1.807, 2.05) is 0 Å². The molecule has 0 amide bonds. The molecular weight excluding hydrogens is 312 g/mol. The lowest BCUT2D eigenvalue weighted by Gasteiger charge is -2.28. The van der Waals surface area contributed by atoms with Crippen molar-refractivity contribution < 1.29 is 43.1 Å². The van der Waals surface area contributed by atoms with E-state index in [9.17, 15) is 14.7 Å². The summed E-state index contributed by atoms with van der Waals surface area (Å²) in [4.78, 5) is 23.9. The second-order valence-corrected chi connectivity index (χ2v) is 5.85. The number of hydrogen-bond donors (Lipinski definition) is 1. The number of carboxylic acids is 1. The van der Waals surface area contributed by atoms with Crippen molar-refractivity contribution in [3.8, 4) is 0 Å². The Bertz CT molecular complexity index is 495. The van der Waals surface area contributed by atoms with Crippen LogP contribution in [0.25, 0.3) is 0 Å². The number of esters is 1. The summed E-state index contributed by atoms with van der Waals surface area (Å²) < 4.78 is 32.1. The molecule has 0 aromatic rings. The van der Waals surface area contributed by atoms with Crippen molar-refractivity contribution in [3.63, 3.8) is 0 Å². The molecule has 0 aromatic heterocycles. The summed E-state index contributed by atoms with van der Waals surface area (Å²) >= 11 is 0. The predicted molar refractivity (Wildman–Crippen MR) is 71.3 cm³/mol. The Morgan fingerprint density at radius 1 is 1.04 bits per heavy atom. The molecule has 130 valence electrons. The van der Waals surface area contributed by atoms with Crippen LogP contribution in [0.1, 0.15) is 6.92 Å². The normalized spacial score (nSPS) is 44.3. The van der Waals surface area contributed by atoms with Gasteiger partial charge in [0.2, 0.25) is 0 Å². The highest BCUT2D eigenvalue weighted by molar-refractivity contribution is 5.83. The van der Waals surface area contributed by atoms with Crippen LogP contribution in [-0.4, -0.2) is 74.9 Å². The first-order chi connectivity index (χ1) is 10.9. The number of ether oxygens (including phenoxy) is 6. The highest BCUT2D eigenvalue weighted by Gasteiger charge is 2.70. The number of carbonyl (C=O) groups excluding carboxylic acids is 1. The lowest BCUT2D eigenvalue weighted by Crippen LogP contribution is -2.50. The minimum absolute atomic E-state index is 0.0524. The zero-order chi connectivity index (χ0) is 16.8. The van der Waals surface area contributed by atoms with Crippen molar-refractivity contribution in [1.29, 1.82) is 0 Å². The van der Waals surface area contributed by atoms with Gasteiger partial charge in [-0.2, -0.15) is 0 Å². The Balaban J connectivity index is 1.78. The van der Waals surface area contributed by atoms with E-state index in [-0.39, 0.29) is 13.2 Å². The largest absolute Gasteiger partial charge is 0.481 e. The van der Waals surface area contributed by atoms with Crippen molar-refractivity contribution >= 4 is 11.9 Å². The number of methoxy groups -OCH3 is 2. The quantitative estimate of drug-likeness (QED) is 0.502. The van der Waals surface area contributed by atoms with Crippen LogP contribution in [0.4, 0.5) is 0 Å². The van der Waals surface area contributed by atoms with E-state index < -0.39 is 54.2 Å². The molecule has 0 aliphatic carbocycles. The van der Waals surface area contributed by atoms with E-state index in [0.717, 1.165) is 0 Å². The lowest BCUT2D eigenvalue weighted by molar-refractivity contribution is -0.330. The van der Waals surface area contributed by atoms with E-state index >= 15 is 0 Å². The lowest BCUT2D eigenvalue weighted by atomic mass is 9.76. The first kappa shape index (κ1) is 16.6. The highest BCUT2D eigenvalue weighted by atomic mass is 16.9. The van der Waals surface area contributed by atoms with Gasteiger partial charge in [0.15, 0.2) is 0 Å². The van der Waals surface area contributed by atoms with Crippen LogP contribution in [-0.2, 0) is 38.0 Å². The summed E-state index contributed by atoms with van der Waals surface area (Å²) in [6.45, 7) is 1.88. The molecule has 9 nitrogen and oxygen atoms in total. The summed E-state index contributed by atoms with van der Waals surface area (Å²) in [6.07, 6.45) is -2.67. The van der Waals surface area contributed by atoms with E-state index in [1.54, 1.807) is 6.92 Å². The number of carbonyl (C=O) groups is 2. The molecule has 3 heterocycles. The third-order valence-corrected chi connectivity index (χ3v) is 4.54. The molecule has 3 fully saturated rings. The van der Waals surface area contributed by atoms with Crippen LogP contribution in [0.3, 0.4) is 0 Å². The van der Waals surface area contributed by atoms with E-state index in [0.29, 0.717) is 0 Å². The summed E-state index contributed by atoms with van der Waals surface area (Å²) in [7, 11) is 2.91. The summed E-state index contributed by atoms with van der Waals surface area (Å²) in [6, 6.07) is 0. The average molecular weight is 332 g/mol. The van der Waals surface area contributed by atoms with Gasteiger partial charge in [-0.25, -0.2) is 0 Å². The van der Waals surface area contributed by atoms with Crippen molar-refractivity contribution in [1.82, 2.24) is 0 Å². The number of carboxylic acid groups (broad SMARTS) is 1. The molecule has 23 heavy (non-hydrogen) atoms. The molecular formula is C14H20O9. The Hall–Kier alpha value is -1.26. The maximum atomic E-state index is 12.3. The first-order valence-electron chi connectivity index (χ1n) is 7.36. The maximum Gasteiger partial charge on any atom is 0.312 e. The monoisotopic (exact) mass is 332 g/mol. The third-order valence-electron chi connectivity index (χ3n) is 4.54. The summed E-state index contributed by atoms with van der Waals surface area (Å²) in [5.74, 6) is -5.01. The molecule has 7 atom stereocenters. The SMILES string of the molecule is COCCOC(=O)C1C2O[C@@H](C1C(=O)O)[C@H]1OC(C)(OC)OC21. The minimum Gasteiger partial charge on any atom is -0.481 e. The fourth-order valence-corrected chi connectivity index (χ4v) is 3.48. The predicted octanol–water partition coefficient (Wildman–Crippen LogP) is -0.622. The Morgan fingerprint density at radius 3 is 2.17 bits per heavy atom. The van der Waals surface area contributed by atoms with Gasteiger partial charge in [0, 0.05) is 21.1 Å². The molecule has 3 aliphatic rings. The zero-order valence-electron chi connectivity index (χ0n) is 13.1. The van der Waals surface area contributed by atoms with Gasteiger partial charge in [-0.3, -0.25) is 9.59 Å². The van der Waals surface area contributed by atoms with Crippen LogP contribution in [0.5, 0.6) is 0 Å². The molecule has 9 heteroatoms. The van der Waals surface area contributed by atoms with Gasteiger partial charge in [0.25, 0.3) is 5.97 Å². The molecule has 3 saturated heterocycles. The van der Waals surface area contributed by atoms with Crippen LogP contribution >= 0.6 is 0 Å². The standard InChI is InChI=1S/C14H20O9/c1-14(19-3)22-10-8-6(12(15)16)7(9(21-8)11(10)23-14)13(17)20-5-4-18-2/h6-11H,4-5H2,1-3H3,(H,15,16)/t6?,7?,8-,9?,10+,11?,14?/m0/s1. The van der Waals surface area contributed by atoms with Crippen LogP contribution in [0, 0.1) is 11.8 Å². The Kier molecular flexibility index (Phi) is 4.32. The van der Waals surface area contributed by atoms with Crippen LogP contribution in [0.2, 0.25) is 0 Å². The van der Waals surface area contributed by atoms with Gasteiger partial charge in [-0.05, 0) is 0 Å². The Labute approximate surface area is 132 Å². The molecule has 0 spiro atoms. The van der Waals surface area contributed by atoms with Gasteiger partial charge in [-0.15, -0.1) is 0 Å². The van der Waals surface area contributed by atoms with Crippen molar-refractivity contribution in [2.24, 2.45) is 11.8 Å². The van der Waals surface area contributed by atoms with Gasteiger partial charge in [0.1, 0.15) is 42.9 Å². The van der Waals surface area contributed by atoms with E-state index in [4.69, 9.17) is 28.4 Å². The smallest absolute Gasteiger partial charge is 0.312 e. The fraction of sp³-hybridized carbons (Fsp3) is 0.857. The van der Waals surface area contributed by atoms with Gasteiger partial charge >= 0.3 is 11.9 Å². The molecule has 3 rings (SSSR count). The number of fused-ring (bicyclic) bond motifs is 5. The molecule has 0 aromatic carbocycles. The molecule has 0 radical (unpaired) electrons. The van der Waals surface area contributed by atoms with Crippen LogP contribution < -0.4 is 0 Å². The zero-order valence-corrected chi connectivity index (χ0v) is 13.1. The third kappa shape index (κ3) is 2.62.